The lowest BCUT2D eigenvalue weighted by Gasteiger charge is -2.29. The van der Waals surface area contributed by atoms with Gasteiger partial charge in [0.05, 0.1) is 41.2 Å². The van der Waals surface area contributed by atoms with Crippen LogP contribution < -0.4 is 10.6 Å². The Bertz CT molecular complexity index is 1140. The van der Waals surface area contributed by atoms with E-state index in [0.29, 0.717) is 16.5 Å². The molecular formula is C24H25FN4O3S. The summed E-state index contributed by atoms with van der Waals surface area (Å²) >= 11 is 1.13. The van der Waals surface area contributed by atoms with Crippen LogP contribution in [0.2, 0.25) is 0 Å². The van der Waals surface area contributed by atoms with Gasteiger partial charge in [-0.1, -0.05) is 23.9 Å². The van der Waals surface area contributed by atoms with E-state index < -0.39 is 23.6 Å². The van der Waals surface area contributed by atoms with Crippen molar-refractivity contribution >= 4 is 35.0 Å². The molecule has 2 N–H and O–H groups in total. The molecule has 2 aromatic rings. The van der Waals surface area contributed by atoms with Gasteiger partial charge in [0.2, 0.25) is 11.8 Å². The summed E-state index contributed by atoms with van der Waals surface area (Å²) < 4.78 is 19.7. The first-order chi connectivity index (χ1) is 15.6. The molecule has 1 aromatic heterocycles. The first-order valence-electron chi connectivity index (χ1n) is 10.3. The van der Waals surface area contributed by atoms with Crippen molar-refractivity contribution in [3.8, 4) is 6.07 Å². The molecule has 1 unspecified atom stereocenters. The molecule has 0 spiro atoms. The molecule has 0 saturated heterocycles. The highest BCUT2D eigenvalue weighted by Crippen LogP contribution is 2.42. The lowest BCUT2D eigenvalue weighted by atomic mass is 9.79. The van der Waals surface area contributed by atoms with Gasteiger partial charge in [-0.15, -0.1) is 0 Å². The molecule has 172 valence electrons. The average molecular weight is 469 g/mol. The Hall–Kier alpha value is -3.38. The fraction of sp³-hybridized carbons (Fsp3) is 0.333. The van der Waals surface area contributed by atoms with E-state index in [1.165, 1.54) is 24.5 Å². The van der Waals surface area contributed by atoms with Gasteiger partial charge >= 0.3 is 0 Å². The highest BCUT2D eigenvalue weighted by molar-refractivity contribution is 8.03. The van der Waals surface area contributed by atoms with E-state index in [9.17, 15) is 19.2 Å². The Morgan fingerprint density at radius 3 is 2.58 bits per heavy atom. The van der Waals surface area contributed by atoms with Crippen molar-refractivity contribution < 1.29 is 18.4 Å². The molecule has 2 heterocycles. The van der Waals surface area contributed by atoms with Crippen molar-refractivity contribution in [2.24, 2.45) is 10.9 Å². The van der Waals surface area contributed by atoms with Crippen LogP contribution in [0.3, 0.4) is 0 Å². The molecule has 2 atom stereocenters. The Labute approximate surface area is 196 Å². The van der Waals surface area contributed by atoms with Gasteiger partial charge < -0.3 is 15.1 Å². The van der Waals surface area contributed by atoms with Gasteiger partial charge in [0.1, 0.15) is 16.6 Å². The number of para-hydroxylation sites is 1. The van der Waals surface area contributed by atoms with Crippen LogP contribution in [0.15, 0.2) is 62.7 Å². The molecule has 2 amide bonds. The zero-order valence-corrected chi connectivity index (χ0v) is 19.6. The summed E-state index contributed by atoms with van der Waals surface area (Å²) in [4.78, 5) is 30.0. The number of hydrogen-bond acceptors (Lipinski definition) is 6. The first-order valence-corrected chi connectivity index (χ1v) is 11.3. The average Bonchev–Trinajstić information content (AvgIpc) is 3.26. The van der Waals surface area contributed by atoms with Crippen LogP contribution >= 0.6 is 11.8 Å². The molecule has 0 aliphatic carbocycles. The summed E-state index contributed by atoms with van der Waals surface area (Å²) in [5, 5.41) is 15.8. The summed E-state index contributed by atoms with van der Waals surface area (Å²) in [5.41, 5.74) is 0.304. The number of allylic oxidation sites excluding steroid dienone is 1. The minimum atomic E-state index is -0.891. The molecule has 1 aliphatic heterocycles. The van der Waals surface area contributed by atoms with Gasteiger partial charge in [-0.3, -0.25) is 9.59 Å². The number of amides is 2. The standard InChI is InChI=1S/C24H25FN4O3S/c1-14-20(22(31)28-17-9-6-5-8-16(17)25)21(18-10-7-11-32-18)15(12-26)23(27-14)33-13-19(30)29-24(2,3)4/h5-11,20-21H,13H2,1-4H3,(H,28,31)(H,29,30)/t20?,21-/m1/s1. The molecular weight excluding hydrogens is 443 g/mol. The number of carbonyl (C=O) groups excluding carboxylic acids is 2. The minimum Gasteiger partial charge on any atom is -0.469 e. The van der Waals surface area contributed by atoms with Crippen LogP contribution in [-0.4, -0.2) is 28.8 Å². The van der Waals surface area contributed by atoms with Gasteiger partial charge in [-0.25, -0.2) is 9.38 Å². The number of anilines is 1. The number of halogens is 1. The molecule has 0 saturated carbocycles. The number of hydrogen-bond donors (Lipinski definition) is 2. The third-order valence-electron chi connectivity index (χ3n) is 4.84. The number of thioether (sulfide) groups is 1. The fourth-order valence-corrected chi connectivity index (χ4v) is 4.41. The van der Waals surface area contributed by atoms with Crippen LogP contribution in [0.25, 0.3) is 0 Å². The number of nitrogens with zero attached hydrogens (tertiary/aromatic N) is 2. The Morgan fingerprint density at radius 2 is 1.97 bits per heavy atom. The summed E-state index contributed by atoms with van der Waals surface area (Å²) in [6.45, 7) is 7.31. The van der Waals surface area contributed by atoms with Crippen LogP contribution in [0.5, 0.6) is 0 Å². The second-order valence-corrected chi connectivity index (χ2v) is 9.57. The van der Waals surface area contributed by atoms with Gasteiger partial charge in [0, 0.05) is 11.3 Å². The SMILES string of the molecule is CC1=NC(SCC(=O)NC(C)(C)C)=C(C#N)[C@H](c2ccco2)C1C(=O)Nc1ccccc1F. The van der Waals surface area contributed by atoms with E-state index in [-0.39, 0.29) is 28.5 Å². The van der Waals surface area contributed by atoms with E-state index in [2.05, 4.69) is 21.7 Å². The molecule has 33 heavy (non-hydrogen) atoms. The van der Waals surface area contributed by atoms with Crippen LogP contribution in [-0.2, 0) is 9.59 Å². The molecule has 0 radical (unpaired) electrons. The Kier molecular flexibility index (Phi) is 7.39. The van der Waals surface area contributed by atoms with Gasteiger partial charge in [0.25, 0.3) is 0 Å². The number of nitriles is 1. The number of rotatable bonds is 6. The number of benzene rings is 1. The molecule has 3 rings (SSSR count). The third-order valence-corrected chi connectivity index (χ3v) is 5.83. The minimum absolute atomic E-state index is 0.0370. The van der Waals surface area contributed by atoms with Gasteiger partial charge in [-0.2, -0.15) is 5.26 Å². The maximum atomic E-state index is 14.1. The lowest BCUT2D eigenvalue weighted by Crippen LogP contribution is -2.41. The number of nitrogens with one attached hydrogen (secondary N) is 2. The lowest BCUT2D eigenvalue weighted by molar-refractivity contribution is -0.120. The second-order valence-electron chi connectivity index (χ2n) is 8.61. The Morgan fingerprint density at radius 1 is 1.24 bits per heavy atom. The van der Waals surface area contributed by atoms with Crippen molar-refractivity contribution in [1.82, 2.24) is 5.32 Å². The molecule has 1 aliphatic rings. The summed E-state index contributed by atoms with van der Waals surface area (Å²) in [6.07, 6.45) is 1.46. The predicted octanol–water partition coefficient (Wildman–Crippen LogP) is 4.61. The number of aliphatic imine (C=N–C) groups is 1. The van der Waals surface area contributed by atoms with E-state index >= 15 is 0 Å². The van der Waals surface area contributed by atoms with E-state index in [0.717, 1.165) is 11.8 Å². The molecule has 9 heteroatoms. The van der Waals surface area contributed by atoms with Crippen molar-refractivity contribution in [2.75, 3.05) is 11.1 Å². The van der Waals surface area contributed by atoms with Crippen molar-refractivity contribution in [2.45, 2.75) is 39.2 Å². The first kappa shape index (κ1) is 24.3. The predicted molar refractivity (Wildman–Crippen MR) is 126 cm³/mol. The van der Waals surface area contributed by atoms with Crippen molar-refractivity contribution in [1.29, 1.82) is 5.26 Å². The number of carbonyl (C=O) groups is 2. The van der Waals surface area contributed by atoms with Crippen LogP contribution in [0, 0.1) is 23.1 Å². The zero-order valence-electron chi connectivity index (χ0n) is 18.8. The van der Waals surface area contributed by atoms with Crippen molar-refractivity contribution in [3.05, 3.63) is 64.8 Å². The molecule has 1 aromatic carbocycles. The summed E-state index contributed by atoms with van der Waals surface area (Å²) in [7, 11) is 0. The van der Waals surface area contributed by atoms with E-state index in [1.54, 1.807) is 25.1 Å². The smallest absolute Gasteiger partial charge is 0.234 e. The van der Waals surface area contributed by atoms with E-state index in [4.69, 9.17) is 4.42 Å². The maximum absolute atomic E-state index is 14.1. The number of furan rings is 1. The third kappa shape index (κ3) is 5.90. The monoisotopic (exact) mass is 468 g/mol. The molecule has 0 bridgehead atoms. The van der Waals surface area contributed by atoms with Crippen LogP contribution in [0.4, 0.5) is 10.1 Å². The summed E-state index contributed by atoms with van der Waals surface area (Å²) in [6, 6.07) is 11.3. The largest absolute Gasteiger partial charge is 0.469 e. The van der Waals surface area contributed by atoms with Gasteiger partial charge in [0.15, 0.2) is 0 Å². The second kappa shape index (κ2) is 10.0. The maximum Gasteiger partial charge on any atom is 0.234 e. The molecule has 0 fully saturated rings. The van der Waals surface area contributed by atoms with Crippen LogP contribution in [0.1, 0.15) is 39.4 Å². The van der Waals surface area contributed by atoms with Gasteiger partial charge in [-0.05, 0) is 52.0 Å². The fourth-order valence-electron chi connectivity index (χ4n) is 3.54. The topological polar surface area (TPSA) is 107 Å². The summed E-state index contributed by atoms with van der Waals surface area (Å²) in [5.74, 6) is -2.45. The normalized spacial score (nSPS) is 18.4. The Balaban J connectivity index is 1.93. The highest BCUT2D eigenvalue weighted by atomic mass is 32.2. The van der Waals surface area contributed by atoms with Crippen molar-refractivity contribution in [3.63, 3.8) is 0 Å². The quantitative estimate of drug-likeness (QED) is 0.644. The van der Waals surface area contributed by atoms with E-state index in [1.807, 2.05) is 20.8 Å². The highest BCUT2D eigenvalue weighted by Gasteiger charge is 2.41. The molecule has 7 nitrogen and oxygen atoms in total. The zero-order chi connectivity index (χ0) is 24.2.